The van der Waals surface area contributed by atoms with Gasteiger partial charge in [0.05, 0.1) is 4.92 Å². The van der Waals surface area contributed by atoms with E-state index in [0.29, 0.717) is 17.0 Å². The van der Waals surface area contributed by atoms with Gasteiger partial charge in [-0.1, -0.05) is 12.5 Å². The summed E-state index contributed by atoms with van der Waals surface area (Å²) in [5.41, 5.74) is 0.960. The molecule has 1 aromatic carbocycles. The van der Waals surface area contributed by atoms with Crippen molar-refractivity contribution in [2.24, 2.45) is 11.8 Å². The molecule has 2 aliphatic carbocycles. The maximum absolute atomic E-state index is 12.2. The van der Waals surface area contributed by atoms with Crippen LogP contribution in [0.25, 0.3) is 0 Å². The molecule has 0 radical (unpaired) electrons. The van der Waals surface area contributed by atoms with Crippen molar-refractivity contribution in [3.63, 3.8) is 0 Å². The SMILES string of the molecule is Cc1ccc(C(=O)NC2CC3CCC2C3)cc1[N+](=O)[O-]. The Hall–Kier alpha value is -1.91. The van der Waals surface area contributed by atoms with E-state index in [1.54, 1.807) is 19.1 Å². The molecule has 106 valence electrons. The first-order chi connectivity index (χ1) is 9.54. The van der Waals surface area contributed by atoms with Gasteiger partial charge in [-0.25, -0.2) is 0 Å². The number of amides is 1. The van der Waals surface area contributed by atoms with Crippen LogP contribution < -0.4 is 5.32 Å². The molecule has 1 N–H and O–H groups in total. The Morgan fingerprint density at radius 2 is 2.15 bits per heavy atom. The molecule has 5 heteroatoms. The molecule has 2 saturated carbocycles. The Morgan fingerprint density at radius 1 is 1.35 bits per heavy atom. The average molecular weight is 274 g/mol. The second-order valence-electron chi connectivity index (χ2n) is 6.01. The first kappa shape index (κ1) is 13.1. The van der Waals surface area contributed by atoms with Crippen molar-refractivity contribution in [1.29, 1.82) is 0 Å². The second kappa shape index (κ2) is 4.89. The molecule has 2 bridgehead atoms. The standard InChI is InChI=1S/C15H18N2O3/c1-9-2-4-12(8-14(9)17(19)20)15(18)16-13-7-10-3-5-11(13)6-10/h2,4,8,10-11,13H,3,5-7H2,1H3,(H,16,18). The predicted molar refractivity (Wildman–Crippen MR) is 74.5 cm³/mol. The first-order valence-corrected chi connectivity index (χ1v) is 7.10. The summed E-state index contributed by atoms with van der Waals surface area (Å²) in [6.45, 7) is 1.68. The van der Waals surface area contributed by atoms with E-state index >= 15 is 0 Å². The number of rotatable bonds is 3. The Bertz CT molecular complexity index is 570. The van der Waals surface area contributed by atoms with Crippen LogP contribution >= 0.6 is 0 Å². The van der Waals surface area contributed by atoms with Crippen LogP contribution in [0.3, 0.4) is 0 Å². The van der Waals surface area contributed by atoms with Gasteiger partial charge in [0.25, 0.3) is 11.6 Å². The number of nitrogens with one attached hydrogen (secondary N) is 1. The van der Waals surface area contributed by atoms with Gasteiger partial charge >= 0.3 is 0 Å². The lowest BCUT2D eigenvalue weighted by Gasteiger charge is -2.22. The monoisotopic (exact) mass is 274 g/mol. The number of fused-ring (bicyclic) bond motifs is 2. The molecule has 1 aromatic rings. The number of nitrogens with zero attached hydrogens (tertiary/aromatic N) is 1. The highest BCUT2D eigenvalue weighted by atomic mass is 16.6. The van der Waals surface area contributed by atoms with Crippen LogP contribution in [0.15, 0.2) is 18.2 Å². The number of nitro groups is 1. The van der Waals surface area contributed by atoms with Gasteiger partial charge in [-0.2, -0.15) is 0 Å². The van der Waals surface area contributed by atoms with Gasteiger partial charge < -0.3 is 5.32 Å². The van der Waals surface area contributed by atoms with Crippen LogP contribution in [-0.4, -0.2) is 16.9 Å². The summed E-state index contributed by atoms with van der Waals surface area (Å²) in [7, 11) is 0. The highest BCUT2D eigenvalue weighted by Gasteiger charge is 2.40. The Kier molecular flexibility index (Phi) is 3.20. The van der Waals surface area contributed by atoms with Gasteiger partial charge in [0, 0.05) is 23.2 Å². The third-order valence-electron chi connectivity index (χ3n) is 4.72. The normalized spacial score (nSPS) is 27.6. The number of carbonyl (C=O) groups is 1. The second-order valence-corrected chi connectivity index (χ2v) is 6.01. The van der Waals surface area contributed by atoms with E-state index in [9.17, 15) is 14.9 Å². The summed E-state index contributed by atoms with van der Waals surface area (Å²) < 4.78 is 0. The minimum Gasteiger partial charge on any atom is -0.349 e. The van der Waals surface area contributed by atoms with Gasteiger partial charge in [0.15, 0.2) is 0 Å². The number of benzene rings is 1. The van der Waals surface area contributed by atoms with Gasteiger partial charge in [0.1, 0.15) is 0 Å². The largest absolute Gasteiger partial charge is 0.349 e. The topological polar surface area (TPSA) is 72.2 Å². The van der Waals surface area contributed by atoms with Crippen LogP contribution in [0.1, 0.15) is 41.6 Å². The molecular formula is C15H18N2O3. The van der Waals surface area contributed by atoms with Crippen molar-refractivity contribution in [2.45, 2.75) is 38.6 Å². The summed E-state index contributed by atoms with van der Waals surface area (Å²) in [6.07, 6.45) is 4.76. The van der Waals surface area contributed by atoms with E-state index < -0.39 is 4.92 Å². The molecule has 3 atom stereocenters. The Morgan fingerprint density at radius 3 is 2.75 bits per heavy atom. The number of hydrogen-bond donors (Lipinski definition) is 1. The molecule has 0 spiro atoms. The summed E-state index contributed by atoms with van der Waals surface area (Å²) in [4.78, 5) is 22.7. The molecule has 2 aliphatic rings. The van der Waals surface area contributed by atoms with Crippen molar-refractivity contribution >= 4 is 11.6 Å². The van der Waals surface area contributed by atoms with Crippen LogP contribution in [0, 0.1) is 28.9 Å². The van der Waals surface area contributed by atoms with E-state index in [2.05, 4.69) is 5.32 Å². The lowest BCUT2D eigenvalue weighted by Crippen LogP contribution is -2.38. The van der Waals surface area contributed by atoms with Gasteiger partial charge in [0.2, 0.25) is 0 Å². The molecule has 0 heterocycles. The molecular weight excluding hydrogens is 256 g/mol. The zero-order chi connectivity index (χ0) is 14.3. The predicted octanol–water partition coefficient (Wildman–Crippen LogP) is 2.82. The molecule has 3 rings (SSSR count). The van der Waals surface area contributed by atoms with Crippen molar-refractivity contribution in [3.8, 4) is 0 Å². The fourth-order valence-electron chi connectivity index (χ4n) is 3.62. The lowest BCUT2D eigenvalue weighted by molar-refractivity contribution is -0.385. The van der Waals surface area contributed by atoms with Gasteiger partial charge in [-0.05, 0) is 44.1 Å². The van der Waals surface area contributed by atoms with E-state index in [0.717, 1.165) is 12.3 Å². The summed E-state index contributed by atoms with van der Waals surface area (Å²) in [5.74, 6) is 1.17. The highest BCUT2D eigenvalue weighted by molar-refractivity contribution is 5.95. The third-order valence-corrected chi connectivity index (χ3v) is 4.72. The molecule has 2 fully saturated rings. The van der Waals surface area contributed by atoms with Crippen LogP contribution in [0.2, 0.25) is 0 Å². The third kappa shape index (κ3) is 2.28. The highest BCUT2D eigenvalue weighted by Crippen LogP contribution is 2.44. The van der Waals surface area contributed by atoms with Crippen LogP contribution in [0.5, 0.6) is 0 Å². The smallest absolute Gasteiger partial charge is 0.273 e. The quantitative estimate of drug-likeness (QED) is 0.680. The van der Waals surface area contributed by atoms with Gasteiger partial charge in [-0.3, -0.25) is 14.9 Å². The number of hydrogen-bond acceptors (Lipinski definition) is 3. The molecule has 0 aliphatic heterocycles. The van der Waals surface area contributed by atoms with E-state index in [1.165, 1.54) is 25.3 Å². The minimum absolute atomic E-state index is 0.00518. The minimum atomic E-state index is -0.441. The number of carbonyl (C=O) groups excluding carboxylic acids is 1. The van der Waals surface area contributed by atoms with Crippen LogP contribution in [-0.2, 0) is 0 Å². The number of nitro benzene ring substituents is 1. The molecule has 0 aromatic heterocycles. The zero-order valence-electron chi connectivity index (χ0n) is 11.5. The molecule has 3 unspecified atom stereocenters. The van der Waals surface area contributed by atoms with Gasteiger partial charge in [-0.15, -0.1) is 0 Å². The van der Waals surface area contributed by atoms with Crippen LogP contribution in [0.4, 0.5) is 5.69 Å². The zero-order valence-corrected chi connectivity index (χ0v) is 11.5. The van der Waals surface area contributed by atoms with E-state index in [-0.39, 0.29) is 17.6 Å². The van der Waals surface area contributed by atoms with E-state index in [4.69, 9.17) is 0 Å². The molecule has 1 amide bonds. The Labute approximate surface area is 117 Å². The van der Waals surface area contributed by atoms with E-state index in [1.807, 2.05) is 0 Å². The molecule has 0 saturated heterocycles. The maximum Gasteiger partial charge on any atom is 0.273 e. The fourth-order valence-corrected chi connectivity index (χ4v) is 3.62. The summed E-state index contributed by atoms with van der Waals surface area (Å²) in [6, 6.07) is 4.91. The fraction of sp³-hybridized carbons (Fsp3) is 0.533. The van der Waals surface area contributed by atoms with Crippen molar-refractivity contribution in [2.75, 3.05) is 0 Å². The molecule has 5 nitrogen and oxygen atoms in total. The lowest BCUT2D eigenvalue weighted by atomic mass is 9.95. The van der Waals surface area contributed by atoms with Crippen molar-refractivity contribution < 1.29 is 9.72 Å². The van der Waals surface area contributed by atoms with Crippen molar-refractivity contribution in [1.82, 2.24) is 5.32 Å². The first-order valence-electron chi connectivity index (χ1n) is 7.10. The molecule has 20 heavy (non-hydrogen) atoms. The Balaban J connectivity index is 1.74. The van der Waals surface area contributed by atoms with Crippen molar-refractivity contribution in [3.05, 3.63) is 39.4 Å². The summed E-state index contributed by atoms with van der Waals surface area (Å²) >= 11 is 0. The average Bonchev–Trinajstić information content (AvgIpc) is 3.01. The maximum atomic E-state index is 12.2. The number of aryl methyl sites for hydroxylation is 1. The summed E-state index contributed by atoms with van der Waals surface area (Å²) in [5, 5.41) is 14.0.